The zero-order chi connectivity index (χ0) is 13.4. The van der Waals surface area contributed by atoms with Gasteiger partial charge in [-0.3, -0.25) is 0 Å². The first-order chi connectivity index (χ1) is 8.30. The summed E-state index contributed by atoms with van der Waals surface area (Å²) in [5, 5.41) is 3.42. The summed E-state index contributed by atoms with van der Waals surface area (Å²) in [5.41, 5.74) is -0.642. The van der Waals surface area contributed by atoms with Gasteiger partial charge in [-0.1, -0.05) is 0 Å². The van der Waals surface area contributed by atoms with Crippen LogP contribution in [0.25, 0.3) is 0 Å². The molecule has 0 radical (unpaired) electrons. The molecule has 5 heteroatoms. The Morgan fingerprint density at radius 1 is 1.50 bits per heavy atom. The van der Waals surface area contributed by atoms with Crippen molar-refractivity contribution in [1.82, 2.24) is 10.2 Å². The Bertz CT molecular complexity index is 317. The number of amides is 1. The van der Waals surface area contributed by atoms with E-state index in [0.717, 1.165) is 13.0 Å². The predicted octanol–water partition coefficient (Wildman–Crippen LogP) is 1.37. The quantitative estimate of drug-likeness (QED) is 0.711. The second-order valence-corrected chi connectivity index (χ2v) is 6.43. The molecule has 1 amide bonds. The second-order valence-electron chi connectivity index (χ2n) is 6.43. The van der Waals surface area contributed by atoms with Gasteiger partial charge in [-0.25, -0.2) is 4.79 Å². The van der Waals surface area contributed by atoms with Gasteiger partial charge in [0, 0.05) is 19.1 Å². The molecule has 5 nitrogen and oxygen atoms in total. The van der Waals surface area contributed by atoms with Crippen LogP contribution >= 0.6 is 0 Å². The molecule has 2 atom stereocenters. The Hall–Kier alpha value is -0.810. The molecule has 1 spiro atoms. The van der Waals surface area contributed by atoms with Gasteiger partial charge in [0.15, 0.2) is 0 Å². The summed E-state index contributed by atoms with van der Waals surface area (Å²) in [4.78, 5) is 13.7. The molecule has 0 aliphatic carbocycles. The minimum Gasteiger partial charge on any atom is -0.444 e. The van der Waals surface area contributed by atoms with Crippen LogP contribution in [-0.2, 0) is 9.47 Å². The fourth-order valence-corrected chi connectivity index (χ4v) is 2.36. The topological polar surface area (TPSA) is 50.8 Å². The molecule has 2 aliphatic heterocycles. The first kappa shape index (κ1) is 13.6. The van der Waals surface area contributed by atoms with Crippen LogP contribution in [0.3, 0.4) is 0 Å². The zero-order valence-corrected chi connectivity index (χ0v) is 11.8. The first-order valence-corrected chi connectivity index (χ1v) is 6.65. The average molecular weight is 256 g/mol. The molecule has 2 rings (SSSR count). The van der Waals surface area contributed by atoms with Crippen LogP contribution in [0.5, 0.6) is 0 Å². The fourth-order valence-electron chi connectivity index (χ4n) is 2.36. The summed E-state index contributed by atoms with van der Waals surface area (Å²) in [6.07, 6.45) is 0.646. The van der Waals surface area contributed by atoms with Crippen molar-refractivity contribution in [2.24, 2.45) is 0 Å². The highest BCUT2D eigenvalue weighted by molar-refractivity contribution is 5.68. The van der Waals surface area contributed by atoms with Crippen LogP contribution in [0.15, 0.2) is 0 Å². The summed E-state index contributed by atoms with van der Waals surface area (Å²) >= 11 is 0. The van der Waals surface area contributed by atoms with Crippen LogP contribution in [0.4, 0.5) is 4.79 Å². The highest BCUT2D eigenvalue weighted by Gasteiger charge is 2.44. The van der Waals surface area contributed by atoms with Gasteiger partial charge in [-0.05, 0) is 34.1 Å². The average Bonchev–Trinajstić information content (AvgIpc) is 2.65. The number of nitrogens with zero attached hydrogens (tertiary/aromatic N) is 1. The number of morpholine rings is 1. The third-order valence-electron chi connectivity index (χ3n) is 3.38. The Kier molecular flexibility index (Phi) is 3.56. The molecule has 2 heterocycles. The molecule has 2 unspecified atom stereocenters. The SMILES string of the molecule is CC1COC2(CCN(C(=O)OC(C)(C)C)C2)CN1. The summed E-state index contributed by atoms with van der Waals surface area (Å²) in [6, 6.07) is 0.395. The van der Waals surface area contributed by atoms with E-state index in [9.17, 15) is 4.79 Å². The summed E-state index contributed by atoms with van der Waals surface area (Å²) in [5.74, 6) is 0. The number of carbonyl (C=O) groups is 1. The van der Waals surface area contributed by atoms with Crippen LogP contribution in [0.1, 0.15) is 34.1 Å². The molecule has 18 heavy (non-hydrogen) atoms. The van der Waals surface area contributed by atoms with Crippen molar-refractivity contribution in [3.63, 3.8) is 0 Å². The van der Waals surface area contributed by atoms with E-state index in [1.807, 2.05) is 20.8 Å². The number of likely N-dealkylation sites (tertiary alicyclic amines) is 1. The lowest BCUT2D eigenvalue weighted by Crippen LogP contribution is -2.55. The minimum atomic E-state index is -0.437. The first-order valence-electron chi connectivity index (χ1n) is 6.65. The van der Waals surface area contributed by atoms with Crippen LogP contribution in [0, 0.1) is 0 Å². The molecular formula is C13H24N2O3. The van der Waals surface area contributed by atoms with Gasteiger partial charge in [0.1, 0.15) is 5.60 Å². The highest BCUT2D eigenvalue weighted by atomic mass is 16.6. The lowest BCUT2D eigenvalue weighted by Gasteiger charge is -2.37. The number of carbonyl (C=O) groups excluding carboxylic acids is 1. The Labute approximate surface area is 109 Å². The minimum absolute atomic E-state index is 0.205. The Morgan fingerprint density at radius 3 is 2.78 bits per heavy atom. The van der Waals surface area contributed by atoms with Crippen molar-refractivity contribution in [2.45, 2.75) is 51.4 Å². The predicted molar refractivity (Wildman–Crippen MR) is 68.6 cm³/mol. The standard InChI is InChI=1S/C13H24N2O3/c1-10-7-17-13(8-14-10)5-6-15(9-13)11(16)18-12(2,3)4/h10,14H,5-9H2,1-4H3. The second kappa shape index (κ2) is 4.70. The van der Waals surface area contributed by atoms with Crippen LogP contribution in [0.2, 0.25) is 0 Å². The molecule has 2 fully saturated rings. The van der Waals surface area contributed by atoms with E-state index in [1.165, 1.54) is 0 Å². The maximum atomic E-state index is 12.0. The van der Waals surface area contributed by atoms with Gasteiger partial charge >= 0.3 is 6.09 Å². The van der Waals surface area contributed by atoms with E-state index in [2.05, 4.69) is 12.2 Å². The maximum absolute atomic E-state index is 12.0. The number of ether oxygens (including phenoxy) is 2. The van der Waals surface area contributed by atoms with E-state index >= 15 is 0 Å². The molecule has 0 aromatic rings. The number of hydrogen-bond acceptors (Lipinski definition) is 4. The molecule has 104 valence electrons. The highest BCUT2D eigenvalue weighted by Crippen LogP contribution is 2.28. The van der Waals surface area contributed by atoms with Crippen molar-refractivity contribution in [3.05, 3.63) is 0 Å². The molecule has 1 N–H and O–H groups in total. The van der Waals surface area contributed by atoms with Gasteiger partial charge in [0.2, 0.25) is 0 Å². The van der Waals surface area contributed by atoms with Crippen molar-refractivity contribution in [2.75, 3.05) is 26.2 Å². The maximum Gasteiger partial charge on any atom is 0.410 e. The summed E-state index contributed by atoms with van der Waals surface area (Å²) in [6.45, 7) is 10.6. The molecule has 0 aromatic heterocycles. The fraction of sp³-hybridized carbons (Fsp3) is 0.923. The van der Waals surface area contributed by atoms with Crippen molar-refractivity contribution >= 4 is 6.09 Å². The van der Waals surface area contributed by atoms with E-state index in [0.29, 0.717) is 25.7 Å². The van der Waals surface area contributed by atoms with Crippen LogP contribution in [-0.4, -0.2) is 54.5 Å². The number of hydrogen-bond donors (Lipinski definition) is 1. The normalized spacial score (nSPS) is 32.9. The molecule has 0 bridgehead atoms. The molecule has 2 saturated heterocycles. The third-order valence-corrected chi connectivity index (χ3v) is 3.38. The number of nitrogens with one attached hydrogen (secondary N) is 1. The summed E-state index contributed by atoms with van der Waals surface area (Å²) in [7, 11) is 0. The van der Waals surface area contributed by atoms with Crippen molar-refractivity contribution in [1.29, 1.82) is 0 Å². The monoisotopic (exact) mass is 256 g/mol. The van der Waals surface area contributed by atoms with E-state index in [4.69, 9.17) is 9.47 Å². The zero-order valence-electron chi connectivity index (χ0n) is 11.8. The molecule has 0 saturated carbocycles. The number of rotatable bonds is 0. The lowest BCUT2D eigenvalue weighted by atomic mass is 10.0. The van der Waals surface area contributed by atoms with Gasteiger partial charge in [-0.2, -0.15) is 0 Å². The van der Waals surface area contributed by atoms with E-state index < -0.39 is 5.60 Å². The largest absolute Gasteiger partial charge is 0.444 e. The Balaban J connectivity index is 1.90. The lowest BCUT2D eigenvalue weighted by molar-refractivity contribution is -0.0728. The van der Waals surface area contributed by atoms with Gasteiger partial charge < -0.3 is 19.7 Å². The Morgan fingerprint density at radius 2 is 2.22 bits per heavy atom. The molecular weight excluding hydrogens is 232 g/mol. The molecule has 0 aromatic carbocycles. The summed E-state index contributed by atoms with van der Waals surface area (Å²) < 4.78 is 11.3. The van der Waals surface area contributed by atoms with Crippen molar-refractivity contribution in [3.8, 4) is 0 Å². The van der Waals surface area contributed by atoms with E-state index in [1.54, 1.807) is 4.90 Å². The van der Waals surface area contributed by atoms with E-state index in [-0.39, 0.29) is 11.7 Å². The third kappa shape index (κ3) is 3.14. The van der Waals surface area contributed by atoms with Gasteiger partial charge in [0.25, 0.3) is 0 Å². The van der Waals surface area contributed by atoms with Gasteiger partial charge in [-0.15, -0.1) is 0 Å². The van der Waals surface area contributed by atoms with Gasteiger partial charge in [0.05, 0.1) is 18.8 Å². The van der Waals surface area contributed by atoms with Crippen molar-refractivity contribution < 1.29 is 14.3 Å². The smallest absolute Gasteiger partial charge is 0.410 e. The van der Waals surface area contributed by atoms with Crippen LogP contribution < -0.4 is 5.32 Å². The molecule has 2 aliphatic rings.